The molecule has 0 spiro atoms. The Bertz CT molecular complexity index is 3800. The lowest BCUT2D eigenvalue weighted by Gasteiger charge is -2.42. The fraction of sp³-hybridized carbons (Fsp3) is 0.431. The minimum Gasteiger partial charge on any atom is -0.455 e. The Labute approximate surface area is 522 Å². The highest BCUT2D eigenvalue weighted by Gasteiger charge is 2.40. The zero-order valence-corrected chi connectivity index (χ0v) is 52.0. The second-order valence-electron chi connectivity index (χ2n) is 24.9. The monoisotopic (exact) mass is 1250 g/mol. The Kier molecular flexibility index (Phi) is 18.0. The average molecular weight is 1250 g/mol. The Balaban J connectivity index is 0.632. The van der Waals surface area contributed by atoms with Gasteiger partial charge in [0, 0.05) is 142 Å². The van der Waals surface area contributed by atoms with Gasteiger partial charge >= 0.3 is 0 Å². The number of aromatic amines is 1. The van der Waals surface area contributed by atoms with Crippen molar-refractivity contribution in [1.29, 1.82) is 0 Å². The Hall–Kier alpha value is -7.34. The number of ether oxygens (including phenoxy) is 1. The Morgan fingerprint density at radius 2 is 1.66 bits per heavy atom. The second kappa shape index (κ2) is 26.0. The zero-order valence-electron chi connectivity index (χ0n) is 49.6. The number of nitrogens with one attached hydrogen (secondary N) is 4. The largest absolute Gasteiger partial charge is 0.455 e. The molecule has 4 fully saturated rings. The zero-order chi connectivity index (χ0) is 61.3. The molecule has 2 aromatic heterocycles. The molecular formula is C65H74ClN11O9S2. The number of thioether (sulfide) groups is 1. The standard InChI is InChI=1S/C65H74ClN11O9S2/c1-65(2)22-20-45(53(37-65)43-8-10-46(66)11-9-43)40-73-26-30-75(31-27-73)48-14-16-52(58(35-48)86-49-34-44-21-23-67-61(44)69-39-49)62(79)71-88(84,85)50-15-17-55(57(36-50)77(82)83)68-38-42-6-12-47(13-7-42)74-28-24-72(25-29-74)32-33-87-59-5-3-4-51-54(59)41-76(64(51)81)56-18-19-60(78)70-63(56)80/h3-5,8-11,14-17,21,23,34-36,39,42,47,56,68H,6-7,12-13,18-20,22,24-33,37-38,40-41H2,1-2H3,(H,67,69)(H,71,79)(H,70,78,80)/t42-,47+,56?. The third-order valence-corrected chi connectivity index (χ3v) is 21.2. The number of sulfonamides is 1. The number of benzene rings is 4. The van der Waals surface area contributed by atoms with E-state index in [0.29, 0.717) is 55.6 Å². The molecule has 4 amide bonds. The van der Waals surface area contributed by atoms with Crippen molar-refractivity contribution in [3.8, 4) is 11.5 Å². The number of piperazine rings is 2. The summed E-state index contributed by atoms with van der Waals surface area (Å²) in [7, 11) is -4.62. The van der Waals surface area contributed by atoms with E-state index >= 15 is 0 Å². The van der Waals surface area contributed by atoms with Gasteiger partial charge in [0.05, 0.1) is 21.6 Å². The molecule has 0 bridgehead atoms. The summed E-state index contributed by atoms with van der Waals surface area (Å²) in [5.41, 5.74) is 7.05. The molecule has 462 valence electrons. The van der Waals surface area contributed by atoms with Crippen LogP contribution in [0.1, 0.15) is 103 Å². The number of aromatic nitrogens is 2. The number of rotatable bonds is 19. The number of hydrogen-bond acceptors (Lipinski definition) is 16. The van der Waals surface area contributed by atoms with Gasteiger partial charge in [0.25, 0.3) is 27.5 Å². The summed E-state index contributed by atoms with van der Waals surface area (Å²) in [4.78, 5) is 83.3. The van der Waals surface area contributed by atoms with Gasteiger partial charge < -0.3 is 24.8 Å². The lowest BCUT2D eigenvalue weighted by atomic mass is 9.72. The van der Waals surface area contributed by atoms with Crippen molar-refractivity contribution >= 4 is 90.7 Å². The van der Waals surface area contributed by atoms with E-state index in [1.807, 2.05) is 36.4 Å². The summed E-state index contributed by atoms with van der Waals surface area (Å²) in [6.45, 7) is 14.1. The number of H-pyrrole nitrogens is 1. The highest BCUT2D eigenvalue weighted by atomic mass is 35.5. The number of nitro groups is 1. The van der Waals surface area contributed by atoms with E-state index < -0.39 is 43.4 Å². The molecule has 6 aromatic rings. The van der Waals surface area contributed by atoms with Crippen molar-refractivity contribution in [3.63, 3.8) is 0 Å². The molecule has 88 heavy (non-hydrogen) atoms. The number of piperidine rings is 1. The molecule has 2 aliphatic carbocycles. The summed E-state index contributed by atoms with van der Waals surface area (Å²) in [6, 6.07) is 26.1. The third-order valence-electron chi connectivity index (χ3n) is 18.6. The number of allylic oxidation sites excluding steroid dienone is 1. The number of carbonyl (C=O) groups is 4. The number of amides is 4. The van der Waals surface area contributed by atoms with Gasteiger partial charge in [-0.25, -0.2) is 18.1 Å². The minimum atomic E-state index is -4.62. The van der Waals surface area contributed by atoms with Crippen LogP contribution in [0.4, 0.5) is 17.1 Å². The van der Waals surface area contributed by atoms with Crippen LogP contribution in [0.3, 0.4) is 0 Å². The van der Waals surface area contributed by atoms with Crippen LogP contribution in [-0.2, 0) is 26.2 Å². The van der Waals surface area contributed by atoms with E-state index in [4.69, 9.17) is 16.3 Å². The van der Waals surface area contributed by atoms with Crippen LogP contribution in [0, 0.1) is 21.4 Å². The first-order valence-corrected chi connectivity index (χ1v) is 33.4. The first-order chi connectivity index (χ1) is 42.4. The summed E-state index contributed by atoms with van der Waals surface area (Å²) in [5, 5.41) is 19.7. The molecule has 1 atom stereocenters. The Morgan fingerprint density at radius 1 is 0.886 bits per heavy atom. The van der Waals surface area contributed by atoms with Crippen molar-refractivity contribution in [2.75, 3.05) is 88.0 Å². The van der Waals surface area contributed by atoms with Crippen LogP contribution in [0.5, 0.6) is 11.5 Å². The summed E-state index contributed by atoms with van der Waals surface area (Å²) >= 11 is 8.01. The highest BCUT2D eigenvalue weighted by molar-refractivity contribution is 7.99. The predicted octanol–water partition coefficient (Wildman–Crippen LogP) is 9.96. The van der Waals surface area contributed by atoms with Gasteiger partial charge in [0.2, 0.25) is 11.8 Å². The van der Waals surface area contributed by atoms with E-state index in [0.717, 1.165) is 136 Å². The third kappa shape index (κ3) is 13.8. The SMILES string of the molecule is CC1(C)CCC(CN2CCN(c3ccc(C(=O)NS(=O)(=O)c4ccc(NC[C@H]5CC[C@@H](N6CCN(CCSc7cccc8c7CN(C7CCC(=O)NC7=O)C8=O)CC6)CC5)c([N+](=O)[O-])c4)c(Oc4cnc5[nH]ccc5c4)c3)CC2)=C(c2ccc(Cl)cc2)C1. The van der Waals surface area contributed by atoms with Crippen molar-refractivity contribution in [3.05, 3.63) is 146 Å². The number of hydrogen-bond donors (Lipinski definition) is 4. The van der Waals surface area contributed by atoms with Crippen molar-refractivity contribution in [2.24, 2.45) is 11.3 Å². The average Bonchev–Trinajstić information content (AvgIpc) is 2.66. The molecule has 1 saturated carbocycles. The molecule has 3 saturated heterocycles. The normalized spacial score (nSPS) is 21.4. The maximum absolute atomic E-state index is 14.2. The number of carbonyl (C=O) groups excluding carboxylic acids is 4. The van der Waals surface area contributed by atoms with E-state index in [-0.39, 0.29) is 46.6 Å². The predicted molar refractivity (Wildman–Crippen MR) is 340 cm³/mol. The molecule has 6 aliphatic rings. The van der Waals surface area contributed by atoms with E-state index in [1.165, 1.54) is 35.0 Å². The first kappa shape index (κ1) is 60.9. The fourth-order valence-electron chi connectivity index (χ4n) is 13.5. The quantitative estimate of drug-likeness (QED) is 0.0255. The molecule has 23 heteroatoms. The van der Waals surface area contributed by atoms with Crippen LogP contribution in [0.25, 0.3) is 16.6 Å². The van der Waals surface area contributed by atoms with Crippen molar-refractivity contribution in [2.45, 2.75) is 100 Å². The maximum Gasteiger partial charge on any atom is 0.293 e. The molecule has 0 radical (unpaired) electrons. The number of nitro benzene ring substituents is 1. The van der Waals surface area contributed by atoms with E-state index in [2.05, 4.69) is 70.9 Å². The summed E-state index contributed by atoms with van der Waals surface area (Å²) in [5.74, 6) is -0.252. The van der Waals surface area contributed by atoms with Crippen LogP contribution < -0.4 is 25.0 Å². The van der Waals surface area contributed by atoms with Gasteiger partial charge in [-0.3, -0.25) is 49.3 Å². The molecule has 12 rings (SSSR count). The second-order valence-corrected chi connectivity index (χ2v) is 28.2. The van der Waals surface area contributed by atoms with Gasteiger partial charge in [-0.05, 0) is 140 Å². The van der Waals surface area contributed by atoms with Gasteiger partial charge in [0.1, 0.15) is 28.9 Å². The van der Waals surface area contributed by atoms with Crippen molar-refractivity contribution < 1.29 is 37.3 Å². The maximum atomic E-state index is 14.2. The summed E-state index contributed by atoms with van der Waals surface area (Å²) in [6.07, 6.45) is 10.9. The smallest absolute Gasteiger partial charge is 0.293 e. The van der Waals surface area contributed by atoms with E-state index in [1.54, 1.807) is 47.1 Å². The molecule has 1 unspecified atom stereocenters. The lowest BCUT2D eigenvalue weighted by molar-refractivity contribution is -0.384. The van der Waals surface area contributed by atoms with Gasteiger partial charge in [0.15, 0.2) is 0 Å². The molecule has 4 aromatic carbocycles. The van der Waals surface area contributed by atoms with Gasteiger partial charge in [-0.1, -0.05) is 49.2 Å². The number of imide groups is 1. The van der Waals surface area contributed by atoms with Gasteiger partial charge in [-0.15, -0.1) is 11.8 Å². The molecular weight excluding hydrogens is 1180 g/mol. The van der Waals surface area contributed by atoms with Crippen LogP contribution in [-0.4, -0.2) is 156 Å². The number of nitrogens with zero attached hydrogens (tertiary/aromatic N) is 7. The topological polar surface area (TPSA) is 236 Å². The number of pyridine rings is 1. The molecule has 4 aliphatic heterocycles. The van der Waals surface area contributed by atoms with Crippen LogP contribution >= 0.6 is 23.4 Å². The van der Waals surface area contributed by atoms with E-state index in [9.17, 15) is 37.7 Å². The van der Waals surface area contributed by atoms with Crippen LogP contribution in [0.15, 0.2) is 119 Å². The Morgan fingerprint density at radius 3 is 2.42 bits per heavy atom. The van der Waals surface area contributed by atoms with Gasteiger partial charge in [-0.2, -0.15) is 0 Å². The number of fused-ring (bicyclic) bond motifs is 2. The highest BCUT2D eigenvalue weighted by Crippen LogP contribution is 2.44. The first-order valence-electron chi connectivity index (χ1n) is 30.5. The van der Waals surface area contributed by atoms with Crippen molar-refractivity contribution in [1.82, 2.24) is 39.6 Å². The summed E-state index contributed by atoms with van der Waals surface area (Å²) < 4.78 is 36.6. The molecule has 6 heterocycles. The number of anilines is 2. The minimum absolute atomic E-state index is 0.0471. The lowest BCUT2D eigenvalue weighted by Crippen LogP contribution is -2.52. The van der Waals surface area contributed by atoms with Crippen LogP contribution in [0.2, 0.25) is 5.02 Å². The molecule has 4 N–H and O–H groups in total. The fourth-order valence-corrected chi connectivity index (χ4v) is 15.7. The molecule has 20 nitrogen and oxygen atoms in total. The number of halogens is 1.